The predicted molar refractivity (Wildman–Crippen MR) is 81.1 cm³/mol. The van der Waals surface area contributed by atoms with E-state index in [0.717, 1.165) is 32.1 Å². The van der Waals surface area contributed by atoms with Gasteiger partial charge in [0.15, 0.2) is 0 Å². The van der Waals surface area contributed by atoms with Gasteiger partial charge < -0.3 is 15.7 Å². The van der Waals surface area contributed by atoms with Gasteiger partial charge in [-0.15, -0.1) is 0 Å². The molecule has 4 atom stereocenters. The maximum Gasteiger partial charge on any atom is 0.315 e. The Labute approximate surface area is 126 Å². The minimum absolute atomic E-state index is 0.195. The average Bonchev–Trinajstić information content (AvgIpc) is 2.82. The third kappa shape index (κ3) is 3.50. The quantitative estimate of drug-likeness (QED) is 0.746. The van der Waals surface area contributed by atoms with Crippen LogP contribution in [0.3, 0.4) is 0 Å². The molecule has 0 radical (unpaired) electrons. The number of carbonyl (C=O) groups excluding carboxylic acids is 1. The molecule has 5 nitrogen and oxygen atoms in total. The molecule has 0 aliphatic heterocycles. The summed E-state index contributed by atoms with van der Waals surface area (Å²) in [7, 11) is 0. The van der Waals surface area contributed by atoms with E-state index >= 15 is 0 Å². The van der Waals surface area contributed by atoms with Gasteiger partial charge in [-0.05, 0) is 38.5 Å². The molecule has 0 bridgehead atoms. The van der Waals surface area contributed by atoms with E-state index in [1.807, 2.05) is 0 Å². The first-order chi connectivity index (χ1) is 9.97. The molecule has 0 aromatic heterocycles. The van der Waals surface area contributed by atoms with E-state index in [2.05, 4.69) is 17.6 Å². The first-order valence-corrected chi connectivity index (χ1v) is 8.27. The van der Waals surface area contributed by atoms with Gasteiger partial charge in [-0.1, -0.05) is 32.6 Å². The summed E-state index contributed by atoms with van der Waals surface area (Å²) in [6, 6.07) is -0.223. The summed E-state index contributed by atoms with van der Waals surface area (Å²) in [6.07, 6.45) is 7.95. The zero-order chi connectivity index (χ0) is 15.5. The monoisotopic (exact) mass is 296 g/mol. The van der Waals surface area contributed by atoms with E-state index in [4.69, 9.17) is 0 Å². The second-order valence-electron chi connectivity index (χ2n) is 6.84. The van der Waals surface area contributed by atoms with Crippen molar-refractivity contribution in [3.8, 4) is 0 Å². The molecule has 21 heavy (non-hydrogen) atoms. The summed E-state index contributed by atoms with van der Waals surface area (Å²) in [4.78, 5) is 23.7. The van der Waals surface area contributed by atoms with Gasteiger partial charge in [0.2, 0.25) is 0 Å². The van der Waals surface area contributed by atoms with E-state index in [0.29, 0.717) is 12.3 Å². The van der Waals surface area contributed by atoms with Crippen LogP contribution in [-0.2, 0) is 4.79 Å². The summed E-state index contributed by atoms with van der Waals surface area (Å²) < 4.78 is 0. The van der Waals surface area contributed by atoms with Crippen molar-refractivity contribution in [3.05, 3.63) is 0 Å². The Hall–Kier alpha value is -1.26. The van der Waals surface area contributed by atoms with Gasteiger partial charge in [0.25, 0.3) is 0 Å². The lowest BCUT2D eigenvalue weighted by Gasteiger charge is -2.33. The van der Waals surface area contributed by atoms with Crippen molar-refractivity contribution >= 4 is 12.0 Å². The standard InChI is InChI=1S/C16H28N2O3/c1-3-11-7-4-5-8-12(11)17-15(21)18-13-9-6-10-16(13,2)14(19)20/h11-13H,3-10H2,1-2H3,(H,19,20)(H2,17,18,21). The van der Waals surface area contributed by atoms with Crippen LogP contribution in [0.2, 0.25) is 0 Å². The summed E-state index contributed by atoms with van der Waals surface area (Å²) in [5.74, 6) is -0.256. The molecule has 3 N–H and O–H groups in total. The molecule has 2 fully saturated rings. The molecule has 5 heteroatoms. The summed E-state index contributed by atoms with van der Waals surface area (Å²) in [5.41, 5.74) is -0.825. The molecular weight excluding hydrogens is 268 g/mol. The molecule has 2 saturated carbocycles. The molecule has 0 aromatic rings. The van der Waals surface area contributed by atoms with Gasteiger partial charge in [0.1, 0.15) is 0 Å². The number of amides is 2. The fourth-order valence-electron chi connectivity index (χ4n) is 3.91. The first kappa shape index (κ1) is 16.1. The number of carboxylic acids is 1. The molecule has 4 unspecified atom stereocenters. The number of rotatable bonds is 4. The Morgan fingerprint density at radius 3 is 2.52 bits per heavy atom. The zero-order valence-corrected chi connectivity index (χ0v) is 13.2. The van der Waals surface area contributed by atoms with Gasteiger partial charge in [0, 0.05) is 12.1 Å². The van der Waals surface area contributed by atoms with Crippen molar-refractivity contribution < 1.29 is 14.7 Å². The van der Waals surface area contributed by atoms with Crippen molar-refractivity contribution in [1.82, 2.24) is 10.6 Å². The van der Waals surface area contributed by atoms with Gasteiger partial charge in [-0.25, -0.2) is 4.79 Å². The van der Waals surface area contributed by atoms with Crippen molar-refractivity contribution in [3.63, 3.8) is 0 Å². The largest absolute Gasteiger partial charge is 0.481 e. The zero-order valence-electron chi connectivity index (χ0n) is 13.2. The van der Waals surface area contributed by atoms with Crippen LogP contribution < -0.4 is 10.6 Å². The number of urea groups is 1. The predicted octanol–water partition coefficient (Wildman–Crippen LogP) is 2.90. The number of carbonyl (C=O) groups is 2. The molecule has 2 amide bonds. The van der Waals surface area contributed by atoms with Gasteiger partial charge in [0.05, 0.1) is 5.41 Å². The average molecular weight is 296 g/mol. The van der Waals surface area contributed by atoms with Crippen LogP contribution in [0.25, 0.3) is 0 Å². The lowest BCUT2D eigenvalue weighted by molar-refractivity contribution is -0.148. The van der Waals surface area contributed by atoms with Crippen LogP contribution in [0.4, 0.5) is 4.79 Å². The van der Waals surface area contributed by atoms with E-state index in [1.165, 1.54) is 12.8 Å². The normalized spacial score (nSPS) is 36.2. The molecule has 2 aliphatic rings. The van der Waals surface area contributed by atoms with Crippen LogP contribution in [0.5, 0.6) is 0 Å². The van der Waals surface area contributed by atoms with Crippen LogP contribution in [0.1, 0.15) is 65.2 Å². The van der Waals surface area contributed by atoms with Gasteiger partial charge in [-0.2, -0.15) is 0 Å². The molecule has 0 aromatic carbocycles. The van der Waals surface area contributed by atoms with Crippen LogP contribution in [0.15, 0.2) is 0 Å². The Balaban J connectivity index is 1.90. The fraction of sp³-hybridized carbons (Fsp3) is 0.875. The van der Waals surface area contributed by atoms with Crippen LogP contribution >= 0.6 is 0 Å². The number of hydrogen-bond donors (Lipinski definition) is 3. The number of carboxylic acid groups (broad SMARTS) is 1. The highest BCUT2D eigenvalue weighted by molar-refractivity contribution is 5.79. The smallest absolute Gasteiger partial charge is 0.315 e. The molecule has 2 aliphatic carbocycles. The van der Waals surface area contributed by atoms with Crippen LogP contribution in [0, 0.1) is 11.3 Å². The van der Waals surface area contributed by atoms with Crippen molar-refractivity contribution in [1.29, 1.82) is 0 Å². The second-order valence-corrected chi connectivity index (χ2v) is 6.84. The molecule has 0 heterocycles. The van der Waals surface area contributed by atoms with Gasteiger partial charge >= 0.3 is 12.0 Å². The molecule has 2 rings (SSSR count). The van der Waals surface area contributed by atoms with Crippen molar-refractivity contribution in [2.45, 2.75) is 77.3 Å². The minimum Gasteiger partial charge on any atom is -0.481 e. The highest BCUT2D eigenvalue weighted by Crippen LogP contribution is 2.38. The third-order valence-corrected chi connectivity index (χ3v) is 5.50. The van der Waals surface area contributed by atoms with Crippen LogP contribution in [-0.4, -0.2) is 29.2 Å². The SMILES string of the molecule is CCC1CCCCC1NC(=O)NC1CCCC1(C)C(=O)O. The lowest BCUT2D eigenvalue weighted by Crippen LogP contribution is -2.53. The Bertz CT molecular complexity index is 399. The highest BCUT2D eigenvalue weighted by atomic mass is 16.4. The molecule has 120 valence electrons. The maximum absolute atomic E-state index is 12.2. The molecular formula is C16H28N2O3. The Kier molecular flexibility index (Phi) is 5.12. The number of nitrogens with one attached hydrogen (secondary N) is 2. The van der Waals surface area contributed by atoms with E-state index in [1.54, 1.807) is 6.92 Å². The number of hydrogen-bond acceptors (Lipinski definition) is 2. The third-order valence-electron chi connectivity index (χ3n) is 5.50. The van der Waals surface area contributed by atoms with Gasteiger partial charge in [-0.3, -0.25) is 4.79 Å². The lowest BCUT2D eigenvalue weighted by atomic mass is 9.83. The fourth-order valence-corrected chi connectivity index (χ4v) is 3.91. The van der Waals surface area contributed by atoms with E-state index < -0.39 is 11.4 Å². The van der Waals surface area contributed by atoms with Crippen molar-refractivity contribution in [2.24, 2.45) is 11.3 Å². The number of aliphatic carboxylic acids is 1. The van der Waals surface area contributed by atoms with E-state index in [9.17, 15) is 14.7 Å². The van der Waals surface area contributed by atoms with E-state index in [-0.39, 0.29) is 18.1 Å². The molecule has 0 spiro atoms. The summed E-state index contributed by atoms with van der Waals surface area (Å²) >= 11 is 0. The minimum atomic E-state index is -0.825. The second kappa shape index (κ2) is 6.67. The summed E-state index contributed by atoms with van der Waals surface area (Å²) in [5, 5.41) is 15.4. The van der Waals surface area contributed by atoms with Crippen molar-refractivity contribution in [2.75, 3.05) is 0 Å². The Morgan fingerprint density at radius 1 is 1.14 bits per heavy atom. The highest BCUT2D eigenvalue weighted by Gasteiger charge is 2.46. The molecule has 0 saturated heterocycles. The summed E-state index contributed by atoms with van der Waals surface area (Å²) in [6.45, 7) is 3.91. The maximum atomic E-state index is 12.2. The topological polar surface area (TPSA) is 78.4 Å². The first-order valence-electron chi connectivity index (χ1n) is 8.27. The Morgan fingerprint density at radius 2 is 1.86 bits per heavy atom.